The summed E-state index contributed by atoms with van der Waals surface area (Å²) in [6.07, 6.45) is 2.77. The highest BCUT2D eigenvalue weighted by Gasteiger charge is 2.18. The lowest BCUT2D eigenvalue weighted by Gasteiger charge is -2.28. The Hall–Kier alpha value is -0.810. The Morgan fingerprint density at radius 2 is 2.22 bits per heavy atom. The van der Waals surface area contributed by atoms with Gasteiger partial charge in [0.25, 0.3) is 0 Å². The fourth-order valence-electron chi connectivity index (χ4n) is 2.00. The zero-order valence-electron chi connectivity index (χ0n) is 10.8. The molecule has 0 aliphatic carbocycles. The van der Waals surface area contributed by atoms with Crippen molar-refractivity contribution >= 4 is 17.6 Å². The third-order valence-corrected chi connectivity index (χ3v) is 3.95. The minimum Gasteiger partial charge on any atom is -0.353 e. The standard InChI is InChI=1S/C13H20FN3S/c1-2-4-15-10-11-3-5-16-13(12(11)14)17-6-8-18-9-7-17/h3,5,15H,2,4,6-10H2,1H3. The van der Waals surface area contributed by atoms with E-state index in [-0.39, 0.29) is 5.82 Å². The first-order valence-corrected chi connectivity index (χ1v) is 7.65. The van der Waals surface area contributed by atoms with E-state index in [9.17, 15) is 4.39 Å². The van der Waals surface area contributed by atoms with E-state index in [0.29, 0.717) is 17.9 Å². The normalized spacial score (nSPS) is 16.0. The molecule has 1 saturated heterocycles. The number of halogens is 1. The molecule has 0 radical (unpaired) electrons. The maximum Gasteiger partial charge on any atom is 0.170 e. The predicted octanol–water partition coefficient (Wildman–Crippen LogP) is 2.27. The molecule has 0 unspecified atom stereocenters. The van der Waals surface area contributed by atoms with Crippen LogP contribution < -0.4 is 10.2 Å². The van der Waals surface area contributed by atoms with Gasteiger partial charge in [0.2, 0.25) is 0 Å². The number of anilines is 1. The Balaban J connectivity index is 2.08. The number of rotatable bonds is 5. The van der Waals surface area contributed by atoms with Crippen molar-refractivity contribution in [1.82, 2.24) is 10.3 Å². The fraction of sp³-hybridized carbons (Fsp3) is 0.615. The second-order valence-electron chi connectivity index (χ2n) is 4.38. The van der Waals surface area contributed by atoms with E-state index in [1.54, 1.807) is 12.3 Å². The molecule has 2 rings (SSSR count). The van der Waals surface area contributed by atoms with E-state index in [4.69, 9.17) is 0 Å². The number of nitrogens with zero attached hydrogens (tertiary/aromatic N) is 2. The molecule has 1 N–H and O–H groups in total. The van der Waals surface area contributed by atoms with Crippen molar-refractivity contribution in [3.8, 4) is 0 Å². The Kier molecular flexibility index (Phi) is 5.26. The first-order chi connectivity index (χ1) is 8.83. The van der Waals surface area contributed by atoms with Gasteiger partial charge in [-0.3, -0.25) is 0 Å². The zero-order valence-corrected chi connectivity index (χ0v) is 11.6. The van der Waals surface area contributed by atoms with Crippen molar-refractivity contribution in [2.75, 3.05) is 36.0 Å². The van der Waals surface area contributed by atoms with E-state index >= 15 is 0 Å². The van der Waals surface area contributed by atoms with Crippen LogP contribution in [0.2, 0.25) is 0 Å². The van der Waals surface area contributed by atoms with Crippen molar-refractivity contribution in [2.45, 2.75) is 19.9 Å². The number of pyridine rings is 1. The van der Waals surface area contributed by atoms with E-state index in [0.717, 1.165) is 37.6 Å². The molecule has 0 aromatic carbocycles. The number of thioether (sulfide) groups is 1. The van der Waals surface area contributed by atoms with Crippen LogP contribution in [0.3, 0.4) is 0 Å². The summed E-state index contributed by atoms with van der Waals surface area (Å²) in [5.74, 6) is 2.47. The summed E-state index contributed by atoms with van der Waals surface area (Å²) in [5.41, 5.74) is 0.715. The molecule has 0 amide bonds. The maximum absolute atomic E-state index is 14.3. The van der Waals surface area contributed by atoms with Gasteiger partial charge in [0.1, 0.15) is 0 Å². The first kappa shape index (κ1) is 13.6. The minimum absolute atomic E-state index is 0.159. The smallest absolute Gasteiger partial charge is 0.170 e. The number of hydrogen-bond donors (Lipinski definition) is 1. The third kappa shape index (κ3) is 3.36. The van der Waals surface area contributed by atoms with Gasteiger partial charge >= 0.3 is 0 Å². The Morgan fingerprint density at radius 1 is 1.44 bits per heavy atom. The Bertz CT molecular complexity index is 380. The largest absolute Gasteiger partial charge is 0.353 e. The van der Waals surface area contributed by atoms with Crippen molar-refractivity contribution in [2.24, 2.45) is 0 Å². The molecule has 1 aliphatic heterocycles. The molecule has 3 nitrogen and oxygen atoms in total. The third-order valence-electron chi connectivity index (χ3n) is 3.00. The van der Waals surface area contributed by atoms with E-state index < -0.39 is 0 Å². The molecule has 0 atom stereocenters. The number of nitrogens with one attached hydrogen (secondary N) is 1. The van der Waals surface area contributed by atoms with Crippen molar-refractivity contribution < 1.29 is 4.39 Å². The summed E-state index contributed by atoms with van der Waals surface area (Å²) in [4.78, 5) is 6.26. The molecular weight excluding hydrogens is 249 g/mol. The lowest BCUT2D eigenvalue weighted by molar-refractivity contribution is 0.575. The molecule has 1 aromatic rings. The van der Waals surface area contributed by atoms with Crippen LogP contribution in [0, 0.1) is 5.82 Å². The minimum atomic E-state index is -0.159. The predicted molar refractivity (Wildman–Crippen MR) is 75.7 cm³/mol. The number of hydrogen-bond acceptors (Lipinski definition) is 4. The summed E-state index contributed by atoms with van der Waals surface area (Å²) < 4.78 is 14.3. The van der Waals surface area contributed by atoms with Gasteiger partial charge in [0, 0.05) is 42.9 Å². The average molecular weight is 269 g/mol. The van der Waals surface area contributed by atoms with Gasteiger partial charge in [0.15, 0.2) is 11.6 Å². The lowest BCUT2D eigenvalue weighted by atomic mass is 10.2. The summed E-state index contributed by atoms with van der Waals surface area (Å²) in [6, 6.07) is 1.76. The molecule has 5 heteroatoms. The molecule has 0 spiro atoms. The second kappa shape index (κ2) is 6.95. The van der Waals surface area contributed by atoms with Gasteiger partial charge in [-0.05, 0) is 19.0 Å². The molecule has 1 fully saturated rings. The lowest BCUT2D eigenvalue weighted by Crippen LogP contribution is -2.34. The molecular formula is C13H20FN3S. The highest BCUT2D eigenvalue weighted by Crippen LogP contribution is 2.22. The molecule has 1 aliphatic rings. The van der Waals surface area contributed by atoms with Crippen molar-refractivity contribution in [3.05, 3.63) is 23.6 Å². The van der Waals surface area contributed by atoms with Gasteiger partial charge < -0.3 is 10.2 Å². The van der Waals surface area contributed by atoms with E-state index in [2.05, 4.69) is 22.1 Å². The van der Waals surface area contributed by atoms with Crippen LogP contribution in [-0.4, -0.2) is 36.1 Å². The molecule has 100 valence electrons. The van der Waals surface area contributed by atoms with Crippen LogP contribution in [0.15, 0.2) is 12.3 Å². The van der Waals surface area contributed by atoms with Crippen LogP contribution in [0.5, 0.6) is 0 Å². The van der Waals surface area contributed by atoms with E-state index in [1.165, 1.54) is 0 Å². The quantitative estimate of drug-likeness (QED) is 0.830. The summed E-state index contributed by atoms with van der Waals surface area (Å²) in [6.45, 7) is 5.38. The molecule has 2 heterocycles. The topological polar surface area (TPSA) is 28.2 Å². The highest BCUT2D eigenvalue weighted by molar-refractivity contribution is 7.99. The Morgan fingerprint density at radius 3 is 2.94 bits per heavy atom. The highest BCUT2D eigenvalue weighted by atomic mass is 32.2. The SMILES string of the molecule is CCCNCc1ccnc(N2CCSCC2)c1F. The van der Waals surface area contributed by atoms with Crippen molar-refractivity contribution in [1.29, 1.82) is 0 Å². The fourth-order valence-corrected chi connectivity index (χ4v) is 2.91. The van der Waals surface area contributed by atoms with Crippen LogP contribution >= 0.6 is 11.8 Å². The van der Waals surface area contributed by atoms with E-state index in [1.807, 2.05) is 11.8 Å². The van der Waals surface area contributed by atoms with Crippen LogP contribution in [0.1, 0.15) is 18.9 Å². The molecule has 1 aromatic heterocycles. The summed E-state index contributed by atoms with van der Waals surface area (Å²) in [7, 11) is 0. The number of aromatic nitrogens is 1. The first-order valence-electron chi connectivity index (χ1n) is 6.49. The monoisotopic (exact) mass is 269 g/mol. The van der Waals surface area contributed by atoms with Gasteiger partial charge in [-0.15, -0.1) is 0 Å². The van der Waals surface area contributed by atoms with Gasteiger partial charge in [-0.2, -0.15) is 11.8 Å². The van der Waals surface area contributed by atoms with Crippen LogP contribution in [0.4, 0.5) is 10.2 Å². The average Bonchev–Trinajstić information content (AvgIpc) is 2.42. The molecule has 0 bridgehead atoms. The van der Waals surface area contributed by atoms with Gasteiger partial charge in [-0.1, -0.05) is 6.92 Å². The zero-order chi connectivity index (χ0) is 12.8. The second-order valence-corrected chi connectivity index (χ2v) is 5.61. The summed E-state index contributed by atoms with van der Waals surface area (Å²) in [5, 5.41) is 3.23. The van der Waals surface area contributed by atoms with Crippen molar-refractivity contribution in [3.63, 3.8) is 0 Å². The molecule has 0 saturated carbocycles. The van der Waals surface area contributed by atoms with Gasteiger partial charge in [-0.25, -0.2) is 9.37 Å². The molecule has 18 heavy (non-hydrogen) atoms. The Labute approximate surface area is 112 Å². The van der Waals surface area contributed by atoms with Gasteiger partial charge in [0.05, 0.1) is 0 Å². The van der Waals surface area contributed by atoms with Crippen LogP contribution in [0.25, 0.3) is 0 Å². The maximum atomic E-state index is 14.3. The van der Waals surface area contributed by atoms with Crippen LogP contribution in [-0.2, 0) is 6.54 Å². The summed E-state index contributed by atoms with van der Waals surface area (Å²) >= 11 is 1.92.